The summed E-state index contributed by atoms with van der Waals surface area (Å²) in [6, 6.07) is 46.9. The number of methoxy groups -OCH3 is 2. The molecule has 6 aromatic rings. The summed E-state index contributed by atoms with van der Waals surface area (Å²) in [6.45, 7) is 5.95. The molecule has 0 heterocycles. The summed E-state index contributed by atoms with van der Waals surface area (Å²) >= 11 is 3.22. The molecule has 68 heavy (non-hydrogen) atoms. The Hall–Kier alpha value is -6.22. The molecule has 0 aliphatic heterocycles. The van der Waals surface area contributed by atoms with Crippen LogP contribution in [-0.2, 0) is 35.6 Å². The second-order valence-corrected chi connectivity index (χ2v) is 15.8. The van der Waals surface area contributed by atoms with Crippen LogP contribution in [0.1, 0.15) is 81.7 Å². The Kier molecular flexibility index (Phi) is 29.3. The van der Waals surface area contributed by atoms with Crippen LogP contribution in [0, 0.1) is 0 Å². The van der Waals surface area contributed by atoms with Gasteiger partial charge in [-0.1, -0.05) is 135 Å². The van der Waals surface area contributed by atoms with Gasteiger partial charge >= 0.3 is 0 Å². The highest BCUT2D eigenvalue weighted by Gasteiger charge is 2.13. The van der Waals surface area contributed by atoms with Gasteiger partial charge in [0.15, 0.2) is 0 Å². The van der Waals surface area contributed by atoms with Crippen molar-refractivity contribution in [3.63, 3.8) is 0 Å². The molecule has 6 aromatic carbocycles. The minimum Gasteiger partial charge on any atom is -0.506 e. The number of hydrogen-bond donors (Lipinski definition) is 7. The van der Waals surface area contributed by atoms with Crippen LogP contribution in [0.25, 0.3) is 0 Å². The molecule has 0 aliphatic carbocycles. The van der Waals surface area contributed by atoms with Crippen molar-refractivity contribution in [2.75, 3.05) is 36.7 Å². The zero-order valence-corrected chi connectivity index (χ0v) is 38.9. The highest BCUT2D eigenvalue weighted by Crippen LogP contribution is 2.30. The minimum absolute atomic E-state index is 0. The fourth-order valence-electron chi connectivity index (χ4n) is 6.51. The monoisotopic (exact) mass is 996 g/mol. The van der Waals surface area contributed by atoms with Gasteiger partial charge in [-0.25, -0.2) is 0 Å². The van der Waals surface area contributed by atoms with Crippen LogP contribution < -0.4 is 35.5 Å². The van der Waals surface area contributed by atoms with Crippen LogP contribution in [0.5, 0.6) is 23.0 Å². The lowest BCUT2D eigenvalue weighted by molar-refractivity contribution is -0.106. The van der Waals surface area contributed by atoms with E-state index in [2.05, 4.69) is 80.5 Å². The molecule has 0 bridgehead atoms. The third-order valence-electron chi connectivity index (χ3n) is 10.2. The predicted molar refractivity (Wildman–Crippen MR) is 282 cm³/mol. The predicted octanol–water partition coefficient (Wildman–Crippen LogP) is 10.8. The number of aliphatic hydroxyl groups is 2. The van der Waals surface area contributed by atoms with Crippen molar-refractivity contribution < 1.29 is 39.1 Å². The number of aliphatic hydroxyl groups excluding tert-OH is 2. The first-order valence-corrected chi connectivity index (χ1v) is 22.4. The number of alkyl halides is 1. The average Bonchev–Trinajstić information content (AvgIpc) is 3.34. The van der Waals surface area contributed by atoms with Crippen molar-refractivity contribution in [3.05, 3.63) is 179 Å². The highest BCUT2D eigenvalue weighted by atomic mass is 79.9. The molecule has 0 saturated carbocycles. The Labute approximate surface area is 413 Å². The summed E-state index contributed by atoms with van der Waals surface area (Å²) < 4.78 is 16.0. The van der Waals surface area contributed by atoms with E-state index in [9.17, 15) is 24.9 Å². The van der Waals surface area contributed by atoms with Gasteiger partial charge in [-0.3, -0.25) is 9.59 Å². The molecule has 7 N–H and O–H groups in total. The number of benzene rings is 6. The molecule has 0 radical (unpaired) electrons. The van der Waals surface area contributed by atoms with E-state index < -0.39 is 12.2 Å². The maximum atomic E-state index is 10.7. The van der Waals surface area contributed by atoms with Gasteiger partial charge in [-0.2, -0.15) is 0 Å². The smallest absolute Gasteiger partial charge is 0.211 e. The van der Waals surface area contributed by atoms with Crippen molar-refractivity contribution in [1.82, 2.24) is 10.6 Å². The summed E-state index contributed by atoms with van der Waals surface area (Å²) in [5.41, 5.74) is 7.01. The number of halogens is 1. The third kappa shape index (κ3) is 21.2. The van der Waals surface area contributed by atoms with Gasteiger partial charge in [-0.05, 0) is 109 Å². The Bertz CT molecular complexity index is 2270. The Morgan fingerprint density at radius 1 is 0.574 bits per heavy atom. The number of phenolic OH excluding ortho intramolecular Hbond substituents is 1. The molecule has 0 saturated heterocycles. The van der Waals surface area contributed by atoms with Gasteiger partial charge in [0.2, 0.25) is 12.8 Å². The molecule has 0 unspecified atom stereocenters. The lowest BCUT2D eigenvalue weighted by atomic mass is 10.1. The first kappa shape index (κ1) is 59.8. The molecule has 368 valence electrons. The molecule has 4 atom stereocenters. The van der Waals surface area contributed by atoms with Crippen molar-refractivity contribution in [2.45, 2.75) is 86.4 Å². The molecule has 0 fully saturated rings. The summed E-state index contributed by atoms with van der Waals surface area (Å²) in [4.78, 5) is 21.2. The Morgan fingerprint density at radius 2 is 1.04 bits per heavy atom. The van der Waals surface area contributed by atoms with E-state index in [0.717, 1.165) is 36.4 Å². The largest absolute Gasteiger partial charge is 0.506 e. The molecule has 0 spiro atoms. The number of aromatic hydroxyl groups is 1. The van der Waals surface area contributed by atoms with Gasteiger partial charge in [0.1, 0.15) is 29.6 Å². The fourth-order valence-corrected chi connectivity index (χ4v) is 6.89. The van der Waals surface area contributed by atoms with Gasteiger partial charge in [0, 0.05) is 30.5 Å². The average molecular weight is 998 g/mol. The normalized spacial score (nSPS) is 11.8. The van der Waals surface area contributed by atoms with Gasteiger partial charge < -0.3 is 50.8 Å². The first-order chi connectivity index (χ1) is 31.5. The third-order valence-corrected chi connectivity index (χ3v) is 10.8. The van der Waals surface area contributed by atoms with Crippen LogP contribution in [0.2, 0.25) is 0 Å². The zero-order valence-electron chi connectivity index (χ0n) is 37.3. The second-order valence-electron chi connectivity index (χ2n) is 15.2. The Balaban J connectivity index is 0.000000504. The standard InChI is InChI=1S/C19H24N2O4.C17H21NO.C16H16BrNO3.3CH4/c1-13(9-14-3-6-16(25-2)7-4-14)20-11-19(24)15-5-8-18(23)17(10-15)21-12-22;1-14(18-13-16-6-4-3-5-7-16)12-15-8-10-17(19-2)11-9-15;17-9-15(20)13-6-7-16(14(8-13)18-11-19)21-10-12-4-2-1-3-5-12;;;/h3-8,10,12-13,19-20,23-24H,9,11H2,1-2H3,(H,21,22);3-11,14,18H,12-13H2,1-2H3;1-8,11,15,20H,9-10H2,(H,18,19);3*1H4/t13-,19+;14-;15-;;;/m110.../s1. The van der Waals surface area contributed by atoms with Crippen molar-refractivity contribution in [1.29, 1.82) is 0 Å². The molecule has 12 nitrogen and oxygen atoms in total. The highest BCUT2D eigenvalue weighted by molar-refractivity contribution is 9.09. The first-order valence-electron chi connectivity index (χ1n) is 21.3. The number of nitrogens with one attached hydrogen (secondary N) is 4. The van der Waals surface area contributed by atoms with Crippen molar-refractivity contribution >= 4 is 40.1 Å². The quantitative estimate of drug-likeness (QED) is 0.0197. The molecule has 0 aliphatic rings. The van der Waals surface area contributed by atoms with Crippen molar-refractivity contribution in [2.24, 2.45) is 0 Å². The number of ether oxygens (including phenoxy) is 3. The molecule has 6 rings (SSSR count). The molecular formula is C55H73BrN4O8. The summed E-state index contributed by atoms with van der Waals surface area (Å²) in [5.74, 6) is 2.26. The van der Waals surface area contributed by atoms with Crippen LogP contribution in [-0.4, -0.2) is 66.3 Å². The molecule has 13 heteroatoms. The summed E-state index contributed by atoms with van der Waals surface area (Å²) in [6.07, 6.45) is 1.56. The van der Waals surface area contributed by atoms with E-state index >= 15 is 0 Å². The van der Waals surface area contributed by atoms with Crippen molar-refractivity contribution in [3.8, 4) is 23.0 Å². The van der Waals surface area contributed by atoms with E-state index in [-0.39, 0.29) is 39.8 Å². The summed E-state index contributed by atoms with van der Waals surface area (Å²) in [5, 5.41) is 42.0. The van der Waals surface area contributed by atoms with E-state index in [0.29, 0.717) is 59.9 Å². The van der Waals surface area contributed by atoms with E-state index in [1.54, 1.807) is 44.6 Å². The topological polar surface area (TPSA) is 171 Å². The lowest BCUT2D eigenvalue weighted by Gasteiger charge is -2.18. The zero-order chi connectivity index (χ0) is 46.8. The molecular weight excluding hydrogens is 925 g/mol. The fraction of sp³-hybridized carbons (Fsp3) is 0.309. The lowest BCUT2D eigenvalue weighted by Crippen LogP contribution is -2.32. The van der Waals surface area contributed by atoms with E-state index in [1.807, 2.05) is 79.7 Å². The second kappa shape index (κ2) is 33.3. The van der Waals surface area contributed by atoms with E-state index in [4.69, 9.17) is 14.2 Å². The number of carbonyl (C=O) groups excluding carboxylic acids is 2. The molecule has 0 aromatic heterocycles. The minimum atomic E-state index is -0.744. The number of anilines is 2. The molecule has 2 amide bonds. The Morgan fingerprint density at radius 3 is 1.56 bits per heavy atom. The van der Waals surface area contributed by atoms with Gasteiger partial charge in [-0.15, -0.1) is 0 Å². The number of hydrogen-bond acceptors (Lipinski definition) is 10. The van der Waals surface area contributed by atoms with Crippen LogP contribution in [0.15, 0.2) is 146 Å². The summed E-state index contributed by atoms with van der Waals surface area (Å²) in [7, 11) is 3.33. The maximum absolute atomic E-state index is 10.7. The van der Waals surface area contributed by atoms with Gasteiger partial charge in [0.25, 0.3) is 0 Å². The van der Waals surface area contributed by atoms with Crippen LogP contribution in [0.3, 0.4) is 0 Å². The maximum Gasteiger partial charge on any atom is 0.211 e. The van der Waals surface area contributed by atoms with Crippen LogP contribution in [0.4, 0.5) is 11.4 Å². The van der Waals surface area contributed by atoms with Gasteiger partial charge in [0.05, 0.1) is 37.8 Å². The van der Waals surface area contributed by atoms with Crippen LogP contribution >= 0.6 is 15.9 Å². The van der Waals surface area contributed by atoms with E-state index in [1.165, 1.54) is 22.8 Å². The number of rotatable bonds is 22. The number of phenols is 1. The number of amides is 2. The number of carbonyl (C=O) groups is 2. The SMILES string of the molecule is C.C.C.COc1ccc(C[C@@H](C)NC[C@H](O)c2ccc(O)c(NC=O)c2)cc1.COc1ccc(C[C@@H](C)NCc2ccccc2)cc1.O=CNc1cc([C@@H](O)CBr)ccc1OCc1ccccc1.